The summed E-state index contributed by atoms with van der Waals surface area (Å²) in [6.45, 7) is 0.996. The van der Waals surface area contributed by atoms with Crippen LogP contribution in [-0.4, -0.2) is 11.5 Å². The van der Waals surface area contributed by atoms with Gasteiger partial charge in [0.2, 0.25) is 0 Å². The topological polar surface area (TPSA) is 24.9 Å². The lowest BCUT2D eigenvalue weighted by Gasteiger charge is -2.22. The smallest absolute Gasteiger partial charge is 0.144 e. The van der Waals surface area contributed by atoms with Crippen LogP contribution in [0.25, 0.3) is 0 Å². The molecule has 2 bridgehead atoms. The van der Waals surface area contributed by atoms with Crippen LogP contribution < -0.4 is 5.32 Å². The molecule has 0 amide bonds. The Morgan fingerprint density at radius 3 is 2.82 bits per heavy atom. The highest BCUT2D eigenvalue weighted by atomic mass is 35.5. The maximum Gasteiger partial charge on any atom is 0.144 e. The molecule has 3 unspecified atom stereocenters. The average Bonchev–Trinajstić information content (AvgIpc) is 2.89. The monoisotopic (exact) mass is 270 g/mol. The van der Waals surface area contributed by atoms with E-state index in [1.54, 1.807) is 12.3 Å². The van der Waals surface area contributed by atoms with E-state index in [0.717, 1.165) is 30.1 Å². The van der Waals surface area contributed by atoms with E-state index in [1.165, 1.54) is 25.7 Å². The number of halogens is 2. The Bertz CT molecular complexity index is 422. The van der Waals surface area contributed by atoms with Gasteiger partial charge in [-0.15, -0.1) is 0 Å². The van der Waals surface area contributed by atoms with Crippen molar-refractivity contribution in [2.45, 2.75) is 25.7 Å². The lowest BCUT2D eigenvalue weighted by atomic mass is 9.89. The van der Waals surface area contributed by atoms with Gasteiger partial charge in [0.1, 0.15) is 5.82 Å². The molecule has 2 fully saturated rings. The second kappa shape index (κ2) is 4.66. The van der Waals surface area contributed by atoms with Gasteiger partial charge in [0.05, 0.1) is 10.0 Å². The van der Waals surface area contributed by atoms with Crippen LogP contribution in [0.1, 0.15) is 25.7 Å². The van der Waals surface area contributed by atoms with Gasteiger partial charge in [-0.3, -0.25) is 0 Å². The first-order chi connectivity index (χ1) is 8.22. The van der Waals surface area contributed by atoms with Crippen molar-refractivity contribution >= 4 is 29.0 Å². The summed E-state index contributed by atoms with van der Waals surface area (Å²) in [5, 5.41) is 4.56. The third-order valence-corrected chi connectivity index (χ3v) is 4.72. The standard InChI is InChI=1S/C13H16Cl2N2/c14-11-5-12(15)13(17-7-11)16-6-10-4-8-1-2-9(10)3-8/h5,7-10H,1-4,6H2,(H,16,17). The largest absolute Gasteiger partial charge is 0.369 e. The normalized spacial score (nSPS) is 30.8. The zero-order valence-corrected chi connectivity index (χ0v) is 11.1. The Hall–Kier alpha value is -0.470. The molecule has 0 spiro atoms. The van der Waals surface area contributed by atoms with Crippen molar-refractivity contribution in [3.63, 3.8) is 0 Å². The minimum atomic E-state index is 0.584. The highest BCUT2D eigenvalue weighted by Gasteiger charge is 2.39. The molecule has 0 radical (unpaired) electrons. The van der Waals surface area contributed by atoms with Gasteiger partial charge in [0, 0.05) is 12.7 Å². The number of hydrogen-bond acceptors (Lipinski definition) is 2. The van der Waals surface area contributed by atoms with Crippen molar-refractivity contribution in [1.29, 1.82) is 0 Å². The molecule has 0 aliphatic heterocycles. The molecule has 1 aromatic heterocycles. The molecule has 17 heavy (non-hydrogen) atoms. The summed E-state index contributed by atoms with van der Waals surface area (Å²) in [7, 11) is 0. The van der Waals surface area contributed by atoms with Crippen LogP contribution in [0.5, 0.6) is 0 Å². The predicted octanol–water partition coefficient (Wildman–Crippen LogP) is 4.24. The second-order valence-electron chi connectivity index (χ2n) is 5.30. The minimum Gasteiger partial charge on any atom is -0.369 e. The van der Waals surface area contributed by atoms with Crippen molar-refractivity contribution in [3.05, 3.63) is 22.3 Å². The molecule has 4 heteroatoms. The van der Waals surface area contributed by atoms with Crippen LogP contribution in [0.2, 0.25) is 10.0 Å². The molecule has 2 aliphatic rings. The summed E-state index contributed by atoms with van der Waals surface area (Å²) >= 11 is 11.9. The third kappa shape index (κ3) is 2.38. The third-order valence-electron chi connectivity index (χ3n) is 4.22. The van der Waals surface area contributed by atoms with Gasteiger partial charge in [0.15, 0.2) is 0 Å². The maximum atomic E-state index is 6.08. The zero-order valence-electron chi connectivity index (χ0n) is 9.63. The van der Waals surface area contributed by atoms with Crippen molar-refractivity contribution in [2.75, 3.05) is 11.9 Å². The number of fused-ring (bicyclic) bond motifs is 2. The van der Waals surface area contributed by atoms with Crippen LogP contribution in [0.3, 0.4) is 0 Å². The van der Waals surface area contributed by atoms with Gasteiger partial charge in [-0.25, -0.2) is 4.98 Å². The maximum absolute atomic E-state index is 6.08. The quantitative estimate of drug-likeness (QED) is 0.889. The van der Waals surface area contributed by atoms with E-state index in [-0.39, 0.29) is 0 Å². The Balaban J connectivity index is 1.60. The summed E-state index contributed by atoms with van der Waals surface area (Å²) in [5.41, 5.74) is 0. The van der Waals surface area contributed by atoms with Crippen molar-refractivity contribution < 1.29 is 0 Å². The Labute approximate surface area is 112 Å². The lowest BCUT2D eigenvalue weighted by Crippen LogP contribution is -2.20. The molecule has 1 heterocycles. The summed E-state index contributed by atoms with van der Waals surface area (Å²) < 4.78 is 0. The molecule has 1 aromatic rings. The summed E-state index contributed by atoms with van der Waals surface area (Å²) in [6.07, 6.45) is 7.31. The first-order valence-corrected chi connectivity index (χ1v) is 7.03. The fraction of sp³-hybridized carbons (Fsp3) is 0.615. The molecule has 92 valence electrons. The van der Waals surface area contributed by atoms with E-state index in [9.17, 15) is 0 Å². The highest BCUT2D eigenvalue weighted by Crippen LogP contribution is 2.48. The number of hydrogen-bond donors (Lipinski definition) is 1. The van der Waals surface area contributed by atoms with E-state index in [0.29, 0.717) is 10.0 Å². The van der Waals surface area contributed by atoms with Gasteiger partial charge in [-0.1, -0.05) is 29.6 Å². The number of nitrogens with one attached hydrogen (secondary N) is 1. The van der Waals surface area contributed by atoms with Crippen LogP contribution in [-0.2, 0) is 0 Å². The average molecular weight is 271 g/mol. The number of rotatable bonds is 3. The van der Waals surface area contributed by atoms with E-state index in [1.807, 2.05) is 0 Å². The Kier molecular flexibility index (Phi) is 3.18. The van der Waals surface area contributed by atoms with Gasteiger partial charge in [-0.05, 0) is 43.1 Å². The first-order valence-electron chi connectivity index (χ1n) is 6.27. The van der Waals surface area contributed by atoms with Gasteiger partial charge >= 0.3 is 0 Å². The van der Waals surface area contributed by atoms with E-state index >= 15 is 0 Å². The molecule has 0 saturated heterocycles. The molecule has 1 N–H and O–H groups in total. The molecule has 3 rings (SSSR count). The highest BCUT2D eigenvalue weighted by molar-refractivity contribution is 6.35. The Morgan fingerprint density at radius 2 is 2.18 bits per heavy atom. The van der Waals surface area contributed by atoms with Crippen molar-refractivity contribution in [3.8, 4) is 0 Å². The molecule has 0 aromatic carbocycles. The summed E-state index contributed by atoms with van der Waals surface area (Å²) in [5.74, 6) is 3.49. The minimum absolute atomic E-state index is 0.584. The molecular formula is C13H16Cl2N2. The zero-order chi connectivity index (χ0) is 11.8. The van der Waals surface area contributed by atoms with Crippen LogP contribution in [0, 0.1) is 17.8 Å². The molecule has 2 saturated carbocycles. The van der Waals surface area contributed by atoms with Gasteiger partial charge in [0.25, 0.3) is 0 Å². The van der Waals surface area contributed by atoms with E-state index in [4.69, 9.17) is 23.2 Å². The number of pyridine rings is 1. The molecule has 3 atom stereocenters. The lowest BCUT2D eigenvalue weighted by molar-refractivity contribution is 0.348. The van der Waals surface area contributed by atoms with Crippen molar-refractivity contribution in [1.82, 2.24) is 4.98 Å². The van der Waals surface area contributed by atoms with Crippen molar-refractivity contribution in [2.24, 2.45) is 17.8 Å². The number of nitrogens with zero attached hydrogens (tertiary/aromatic N) is 1. The Morgan fingerprint density at radius 1 is 1.29 bits per heavy atom. The fourth-order valence-electron chi connectivity index (χ4n) is 3.40. The van der Waals surface area contributed by atoms with Gasteiger partial charge in [-0.2, -0.15) is 0 Å². The molecule has 2 nitrogen and oxygen atoms in total. The SMILES string of the molecule is Clc1cnc(NCC2CC3CCC2C3)c(Cl)c1. The fourth-order valence-corrected chi connectivity index (χ4v) is 3.85. The van der Waals surface area contributed by atoms with Crippen LogP contribution in [0.4, 0.5) is 5.82 Å². The molecule has 2 aliphatic carbocycles. The van der Waals surface area contributed by atoms with E-state index in [2.05, 4.69) is 10.3 Å². The van der Waals surface area contributed by atoms with Gasteiger partial charge < -0.3 is 5.32 Å². The number of anilines is 1. The number of aromatic nitrogens is 1. The van der Waals surface area contributed by atoms with E-state index < -0.39 is 0 Å². The first kappa shape index (κ1) is 11.6. The second-order valence-corrected chi connectivity index (χ2v) is 6.14. The summed E-state index contributed by atoms with van der Waals surface area (Å²) in [6, 6.07) is 1.74. The predicted molar refractivity (Wildman–Crippen MR) is 71.7 cm³/mol. The van der Waals surface area contributed by atoms with Crippen LogP contribution in [0.15, 0.2) is 12.3 Å². The van der Waals surface area contributed by atoms with Crippen LogP contribution >= 0.6 is 23.2 Å². The molecular weight excluding hydrogens is 255 g/mol. The summed E-state index contributed by atoms with van der Waals surface area (Å²) in [4.78, 5) is 4.23.